The van der Waals surface area contributed by atoms with Gasteiger partial charge in [0.05, 0.1) is 12.2 Å². The normalized spacial score (nSPS) is 14.3. The van der Waals surface area contributed by atoms with E-state index in [9.17, 15) is 9.59 Å². The minimum absolute atomic E-state index is 0.420. The summed E-state index contributed by atoms with van der Waals surface area (Å²) in [7, 11) is 0. The second-order valence-electron chi connectivity index (χ2n) is 3.24. The number of rotatable bonds is 1. The van der Waals surface area contributed by atoms with E-state index in [1.807, 2.05) is 6.92 Å². The molecule has 0 saturated carbocycles. The van der Waals surface area contributed by atoms with Crippen LogP contribution in [-0.2, 0) is 9.59 Å². The van der Waals surface area contributed by atoms with Gasteiger partial charge in [-0.3, -0.25) is 25.2 Å². The Kier molecular flexibility index (Phi) is 3.75. The predicted molar refractivity (Wildman–Crippen MR) is 68.4 cm³/mol. The second kappa shape index (κ2) is 5.28. The lowest BCUT2D eigenvalue weighted by Crippen LogP contribution is -2.37. The first kappa shape index (κ1) is 12.1. The molecule has 0 saturated heterocycles. The zero-order valence-corrected chi connectivity index (χ0v) is 10.7. The zero-order chi connectivity index (χ0) is 12.3. The van der Waals surface area contributed by atoms with Crippen LogP contribution in [0.4, 0.5) is 5.13 Å². The van der Waals surface area contributed by atoms with E-state index in [1.165, 1.54) is 23.1 Å². The van der Waals surface area contributed by atoms with E-state index in [0.717, 1.165) is 11.4 Å². The van der Waals surface area contributed by atoms with Crippen molar-refractivity contribution >= 4 is 45.2 Å². The van der Waals surface area contributed by atoms with Crippen LogP contribution in [0.15, 0.2) is 10.4 Å². The SMILES string of the molecule is Cc1csc(NC(=O)C(=O)NC2=NCCS2)n1. The second-order valence-corrected chi connectivity index (χ2v) is 5.18. The lowest BCUT2D eigenvalue weighted by molar-refractivity contribution is -0.135. The van der Waals surface area contributed by atoms with E-state index in [-0.39, 0.29) is 0 Å². The first-order valence-corrected chi connectivity index (χ1v) is 6.73. The van der Waals surface area contributed by atoms with Gasteiger partial charge in [0.15, 0.2) is 10.3 Å². The summed E-state index contributed by atoms with van der Waals surface area (Å²) >= 11 is 2.70. The van der Waals surface area contributed by atoms with Crippen molar-refractivity contribution < 1.29 is 9.59 Å². The maximum absolute atomic E-state index is 11.5. The molecule has 1 aromatic rings. The maximum atomic E-state index is 11.5. The average Bonchev–Trinajstić information content (AvgIpc) is 2.90. The minimum Gasteiger partial charge on any atom is -0.297 e. The Morgan fingerprint density at radius 1 is 1.35 bits per heavy atom. The minimum atomic E-state index is -0.727. The Morgan fingerprint density at radius 2 is 2.12 bits per heavy atom. The van der Waals surface area contributed by atoms with Gasteiger partial charge in [0, 0.05) is 11.1 Å². The molecule has 8 heteroatoms. The Bertz CT molecular complexity index is 483. The summed E-state index contributed by atoms with van der Waals surface area (Å²) < 4.78 is 0. The molecule has 0 aromatic carbocycles. The molecule has 0 bridgehead atoms. The molecule has 90 valence electrons. The van der Waals surface area contributed by atoms with Crippen LogP contribution < -0.4 is 10.6 Å². The van der Waals surface area contributed by atoms with Crippen LogP contribution in [0, 0.1) is 6.92 Å². The van der Waals surface area contributed by atoms with Crippen molar-refractivity contribution in [3.05, 3.63) is 11.1 Å². The molecule has 1 aliphatic heterocycles. The quantitative estimate of drug-likeness (QED) is 0.732. The number of nitrogens with one attached hydrogen (secondary N) is 2. The summed E-state index contributed by atoms with van der Waals surface area (Å²) in [6.45, 7) is 2.49. The van der Waals surface area contributed by atoms with E-state index in [4.69, 9.17) is 0 Å². The Hall–Kier alpha value is -1.41. The Labute approximate surface area is 106 Å². The fourth-order valence-corrected chi connectivity index (χ4v) is 2.54. The Morgan fingerprint density at radius 3 is 2.71 bits per heavy atom. The fourth-order valence-electron chi connectivity index (χ4n) is 1.13. The van der Waals surface area contributed by atoms with Gasteiger partial charge in [0.2, 0.25) is 0 Å². The van der Waals surface area contributed by atoms with Crippen LogP contribution in [0.2, 0.25) is 0 Å². The van der Waals surface area contributed by atoms with Gasteiger partial charge in [-0.2, -0.15) is 0 Å². The number of aryl methyl sites for hydroxylation is 1. The fraction of sp³-hybridized carbons (Fsp3) is 0.333. The number of aliphatic imine (C=N–C) groups is 1. The first-order chi connectivity index (χ1) is 8.15. The molecule has 6 nitrogen and oxygen atoms in total. The van der Waals surface area contributed by atoms with Gasteiger partial charge in [-0.15, -0.1) is 11.3 Å². The molecular weight excluding hydrogens is 260 g/mol. The number of thiazole rings is 1. The number of thioether (sulfide) groups is 1. The highest BCUT2D eigenvalue weighted by Gasteiger charge is 2.18. The molecule has 2 heterocycles. The summed E-state index contributed by atoms with van der Waals surface area (Å²) in [5, 5.41) is 7.59. The molecule has 2 rings (SSSR count). The molecule has 0 spiro atoms. The van der Waals surface area contributed by atoms with Crippen molar-refractivity contribution in [3.8, 4) is 0 Å². The highest BCUT2D eigenvalue weighted by Crippen LogP contribution is 2.14. The van der Waals surface area contributed by atoms with Crippen molar-refractivity contribution in [2.24, 2.45) is 4.99 Å². The number of carbonyl (C=O) groups is 2. The summed E-state index contributed by atoms with van der Waals surface area (Å²) in [4.78, 5) is 31.0. The van der Waals surface area contributed by atoms with E-state index in [0.29, 0.717) is 16.8 Å². The lowest BCUT2D eigenvalue weighted by atomic mass is 10.5. The van der Waals surface area contributed by atoms with Gasteiger partial charge in [-0.05, 0) is 6.92 Å². The number of hydrogen-bond acceptors (Lipinski definition) is 6. The van der Waals surface area contributed by atoms with Gasteiger partial charge in [0.1, 0.15) is 0 Å². The number of amidine groups is 1. The molecule has 2 N–H and O–H groups in total. The van der Waals surface area contributed by atoms with Gasteiger partial charge in [-0.1, -0.05) is 11.8 Å². The molecule has 1 aromatic heterocycles. The van der Waals surface area contributed by atoms with Gasteiger partial charge < -0.3 is 0 Å². The standard InChI is InChI=1S/C9H10N4O2S2/c1-5-4-17-9(11-5)13-7(15)6(14)12-8-10-2-3-16-8/h4H,2-3H2,1H3,(H,10,12,14)(H,11,13,15). The third-order valence-corrected chi connectivity index (χ3v) is 3.62. The third kappa shape index (κ3) is 3.27. The van der Waals surface area contributed by atoms with Crippen LogP contribution in [0.3, 0.4) is 0 Å². The van der Waals surface area contributed by atoms with Gasteiger partial charge in [0.25, 0.3) is 0 Å². The van der Waals surface area contributed by atoms with Crippen molar-refractivity contribution in [3.63, 3.8) is 0 Å². The average molecular weight is 270 g/mol. The topological polar surface area (TPSA) is 83.5 Å². The van der Waals surface area contributed by atoms with E-state index >= 15 is 0 Å². The molecular formula is C9H10N4O2S2. The summed E-state index contributed by atoms with van der Waals surface area (Å²) in [6, 6.07) is 0. The van der Waals surface area contributed by atoms with Crippen molar-refractivity contribution in [2.75, 3.05) is 17.6 Å². The highest BCUT2D eigenvalue weighted by molar-refractivity contribution is 8.14. The summed E-state index contributed by atoms with van der Waals surface area (Å²) in [6.07, 6.45) is 0. The largest absolute Gasteiger partial charge is 0.315 e. The lowest BCUT2D eigenvalue weighted by Gasteiger charge is -2.02. The zero-order valence-electron chi connectivity index (χ0n) is 9.02. The first-order valence-electron chi connectivity index (χ1n) is 4.87. The molecule has 2 amide bonds. The van der Waals surface area contributed by atoms with Gasteiger partial charge in [-0.25, -0.2) is 4.98 Å². The summed E-state index contributed by atoms with van der Waals surface area (Å²) in [5.74, 6) is -0.608. The molecule has 0 radical (unpaired) electrons. The number of anilines is 1. The van der Waals surface area contributed by atoms with Crippen molar-refractivity contribution in [1.82, 2.24) is 10.3 Å². The van der Waals surface area contributed by atoms with Crippen LogP contribution in [-0.4, -0.2) is 34.3 Å². The molecule has 0 fully saturated rings. The predicted octanol–water partition coefficient (Wildman–Crippen LogP) is 0.609. The van der Waals surface area contributed by atoms with Crippen molar-refractivity contribution in [1.29, 1.82) is 0 Å². The highest BCUT2D eigenvalue weighted by atomic mass is 32.2. The van der Waals surface area contributed by atoms with E-state index in [2.05, 4.69) is 20.6 Å². The molecule has 0 unspecified atom stereocenters. The number of carbonyl (C=O) groups excluding carboxylic acids is 2. The molecule has 17 heavy (non-hydrogen) atoms. The van der Waals surface area contributed by atoms with E-state index < -0.39 is 11.8 Å². The molecule has 0 aliphatic carbocycles. The van der Waals surface area contributed by atoms with E-state index in [1.54, 1.807) is 5.38 Å². The number of nitrogens with zero attached hydrogens (tertiary/aromatic N) is 2. The smallest absolute Gasteiger partial charge is 0.297 e. The maximum Gasteiger partial charge on any atom is 0.315 e. The van der Waals surface area contributed by atoms with Crippen LogP contribution in [0.5, 0.6) is 0 Å². The van der Waals surface area contributed by atoms with Gasteiger partial charge >= 0.3 is 11.8 Å². The van der Waals surface area contributed by atoms with Crippen LogP contribution in [0.25, 0.3) is 0 Å². The Balaban J connectivity index is 1.89. The van der Waals surface area contributed by atoms with Crippen LogP contribution >= 0.6 is 23.1 Å². The molecule has 0 atom stereocenters. The number of amides is 2. The number of hydrogen-bond donors (Lipinski definition) is 2. The van der Waals surface area contributed by atoms with Crippen LogP contribution in [0.1, 0.15) is 5.69 Å². The number of aromatic nitrogens is 1. The third-order valence-electron chi connectivity index (χ3n) is 1.85. The molecule has 1 aliphatic rings. The summed E-state index contributed by atoms with van der Waals surface area (Å²) in [5.41, 5.74) is 0.807. The monoisotopic (exact) mass is 270 g/mol. The van der Waals surface area contributed by atoms with Crippen molar-refractivity contribution in [2.45, 2.75) is 6.92 Å².